The van der Waals surface area contributed by atoms with E-state index in [9.17, 15) is 23.3 Å². The third-order valence-electron chi connectivity index (χ3n) is 4.42. The van der Waals surface area contributed by atoms with E-state index in [1.54, 1.807) is 63.2 Å². The molecule has 0 bridgehead atoms. The van der Waals surface area contributed by atoms with E-state index in [0.717, 1.165) is 0 Å². The number of anilines is 1. The van der Waals surface area contributed by atoms with Gasteiger partial charge in [-0.2, -0.15) is 14.6 Å². The quantitative estimate of drug-likeness (QED) is 0.254. The summed E-state index contributed by atoms with van der Waals surface area (Å²) in [5, 5.41) is 11.4. The van der Waals surface area contributed by atoms with Gasteiger partial charge in [0, 0.05) is 23.2 Å². The standard InChI is InChI=1S/C23H22N4O6S2/c1-4-32-21(29)16-7-5-15(6-8-16)19-10-9-18(33-19)11-17(12-24)20(28)25-22-26-23(27-34-22)35(30,31)13-14(2)3/h5-11,14H,4,13H2,1-3H3,(H,25,26,27,28)/b17-11-. The number of aromatic nitrogens is 2. The number of nitrogens with one attached hydrogen (secondary N) is 1. The number of nitrogens with zero attached hydrogens (tertiary/aromatic N) is 3. The van der Waals surface area contributed by atoms with Crippen LogP contribution >= 0.6 is 11.5 Å². The monoisotopic (exact) mass is 514 g/mol. The van der Waals surface area contributed by atoms with Crippen LogP contribution in [0.15, 0.2) is 51.5 Å². The van der Waals surface area contributed by atoms with Crippen LogP contribution in [0.3, 0.4) is 0 Å². The van der Waals surface area contributed by atoms with Gasteiger partial charge in [-0.1, -0.05) is 26.0 Å². The van der Waals surface area contributed by atoms with Crippen molar-refractivity contribution in [2.24, 2.45) is 5.92 Å². The van der Waals surface area contributed by atoms with Crippen LogP contribution in [0.2, 0.25) is 0 Å². The smallest absolute Gasteiger partial charge is 0.338 e. The summed E-state index contributed by atoms with van der Waals surface area (Å²) in [4.78, 5) is 28.2. The van der Waals surface area contributed by atoms with Crippen molar-refractivity contribution in [1.82, 2.24) is 9.36 Å². The van der Waals surface area contributed by atoms with Crippen molar-refractivity contribution >= 4 is 44.5 Å². The minimum atomic E-state index is -3.67. The second-order valence-electron chi connectivity index (χ2n) is 7.68. The Morgan fingerprint density at radius 2 is 1.94 bits per heavy atom. The number of nitriles is 1. The van der Waals surface area contributed by atoms with Crippen LogP contribution in [0, 0.1) is 17.2 Å². The predicted molar refractivity (Wildman–Crippen MR) is 129 cm³/mol. The lowest BCUT2D eigenvalue weighted by molar-refractivity contribution is -0.112. The van der Waals surface area contributed by atoms with Gasteiger partial charge in [-0.3, -0.25) is 10.1 Å². The number of ether oxygens (including phenoxy) is 1. The zero-order valence-corrected chi connectivity index (χ0v) is 20.8. The number of carbonyl (C=O) groups excluding carboxylic acids is 2. The van der Waals surface area contributed by atoms with E-state index in [0.29, 0.717) is 28.4 Å². The van der Waals surface area contributed by atoms with Crippen molar-refractivity contribution in [3.05, 3.63) is 53.3 Å². The zero-order valence-electron chi connectivity index (χ0n) is 19.1. The number of amides is 1. The highest BCUT2D eigenvalue weighted by atomic mass is 32.2. The molecule has 182 valence electrons. The molecule has 0 fully saturated rings. The first-order chi connectivity index (χ1) is 16.6. The number of furan rings is 1. The van der Waals surface area contributed by atoms with Gasteiger partial charge in [-0.05, 0) is 37.1 Å². The van der Waals surface area contributed by atoms with Crippen LogP contribution in [0.1, 0.15) is 36.9 Å². The average Bonchev–Trinajstić information content (AvgIpc) is 3.47. The van der Waals surface area contributed by atoms with Crippen molar-refractivity contribution in [1.29, 1.82) is 5.26 Å². The van der Waals surface area contributed by atoms with Crippen LogP contribution < -0.4 is 5.32 Å². The van der Waals surface area contributed by atoms with E-state index in [2.05, 4.69) is 14.7 Å². The summed E-state index contributed by atoms with van der Waals surface area (Å²) in [6.07, 6.45) is 1.25. The SMILES string of the molecule is CCOC(=O)c1ccc(-c2ccc(/C=C(/C#N)C(=O)Nc3nc(S(=O)(=O)CC(C)C)ns3)o2)cc1. The maximum absolute atomic E-state index is 12.5. The number of benzene rings is 1. The Balaban J connectivity index is 1.72. The fourth-order valence-electron chi connectivity index (χ4n) is 2.93. The number of esters is 1. The number of carbonyl (C=O) groups is 2. The van der Waals surface area contributed by atoms with E-state index in [4.69, 9.17) is 9.15 Å². The van der Waals surface area contributed by atoms with Crippen molar-refractivity contribution in [3.8, 4) is 17.4 Å². The van der Waals surface area contributed by atoms with Crippen LogP contribution in [-0.4, -0.2) is 42.0 Å². The third-order valence-corrected chi connectivity index (χ3v) is 7.01. The molecule has 1 amide bonds. The van der Waals surface area contributed by atoms with Crippen LogP contribution in [0.5, 0.6) is 0 Å². The van der Waals surface area contributed by atoms with E-state index >= 15 is 0 Å². The Hall–Kier alpha value is -3.82. The summed E-state index contributed by atoms with van der Waals surface area (Å²) < 4.78 is 39.0. The zero-order chi connectivity index (χ0) is 25.6. The molecule has 0 saturated heterocycles. The maximum atomic E-state index is 12.5. The summed E-state index contributed by atoms with van der Waals surface area (Å²) in [6.45, 7) is 5.52. The maximum Gasteiger partial charge on any atom is 0.338 e. The molecule has 35 heavy (non-hydrogen) atoms. The highest BCUT2D eigenvalue weighted by molar-refractivity contribution is 7.91. The molecule has 0 aliphatic rings. The van der Waals surface area contributed by atoms with Gasteiger partial charge in [-0.15, -0.1) is 0 Å². The molecule has 3 rings (SSSR count). The fraction of sp³-hybridized carbons (Fsp3) is 0.261. The highest BCUT2D eigenvalue weighted by Gasteiger charge is 2.23. The van der Waals surface area contributed by atoms with E-state index in [1.807, 2.05) is 0 Å². The second kappa shape index (κ2) is 11.1. The normalized spacial score (nSPS) is 11.8. The van der Waals surface area contributed by atoms with Crippen LogP contribution in [-0.2, 0) is 19.4 Å². The first-order valence-corrected chi connectivity index (χ1v) is 12.9. The Morgan fingerprint density at radius 3 is 2.57 bits per heavy atom. The molecule has 10 nitrogen and oxygen atoms in total. The molecule has 0 aliphatic heterocycles. The van der Waals surface area contributed by atoms with Gasteiger partial charge in [0.2, 0.25) is 15.0 Å². The molecule has 0 radical (unpaired) electrons. The molecule has 2 aromatic heterocycles. The molecule has 12 heteroatoms. The van der Waals surface area contributed by atoms with Gasteiger partial charge in [0.15, 0.2) is 0 Å². The summed E-state index contributed by atoms with van der Waals surface area (Å²) in [6, 6.07) is 11.6. The largest absolute Gasteiger partial charge is 0.462 e. The number of rotatable bonds is 9. The fourth-order valence-corrected chi connectivity index (χ4v) is 5.28. The van der Waals surface area contributed by atoms with Crippen molar-refractivity contribution in [3.63, 3.8) is 0 Å². The van der Waals surface area contributed by atoms with Gasteiger partial charge >= 0.3 is 5.97 Å². The lowest BCUT2D eigenvalue weighted by Crippen LogP contribution is -2.15. The average molecular weight is 515 g/mol. The van der Waals surface area contributed by atoms with Crippen molar-refractivity contribution in [2.75, 3.05) is 17.7 Å². The molecular formula is C23H22N4O6S2. The molecule has 2 heterocycles. The minimum Gasteiger partial charge on any atom is -0.462 e. The Bertz CT molecular complexity index is 1400. The molecule has 1 N–H and O–H groups in total. The molecule has 0 aliphatic carbocycles. The van der Waals surface area contributed by atoms with Gasteiger partial charge < -0.3 is 9.15 Å². The lowest BCUT2D eigenvalue weighted by Gasteiger charge is -2.02. The Kier molecular flexibility index (Phi) is 8.16. The van der Waals surface area contributed by atoms with E-state index < -0.39 is 21.7 Å². The molecular weight excluding hydrogens is 492 g/mol. The Labute approximate surface area is 206 Å². The van der Waals surface area contributed by atoms with Gasteiger partial charge in [-0.25, -0.2) is 13.2 Å². The van der Waals surface area contributed by atoms with Crippen molar-refractivity contribution in [2.45, 2.75) is 25.9 Å². The number of hydrogen-bond acceptors (Lipinski definition) is 10. The van der Waals surface area contributed by atoms with Crippen LogP contribution in [0.25, 0.3) is 17.4 Å². The van der Waals surface area contributed by atoms with Crippen molar-refractivity contribution < 1.29 is 27.2 Å². The molecule has 1 aromatic carbocycles. The molecule has 0 saturated carbocycles. The number of sulfone groups is 1. The summed E-state index contributed by atoms with van der Waals surface area (Å²) in [5.41, 5.74) is 0.817. The predicted octanol–water partition coefficient (Wildman–Crippen LogP) is 3.95. The molecule has 0 unspecified atom stereocenters. The molecule has 3 aromatic rings. The van der Waals surface area contributed by atoms with Gasteiger partial charge in [0.05, 0.1) is 17.9 Å². The first kappa shape index (κ1) is 25.8. The lowest BCUT2D eigenvalue weighted by atomic mass is 10.1. The third kappa shape index (κ3) is 6.62. The van der Waals surface area contributed by atoms with Gasteiger partial charge in [0.25, 0.3) is 11.1 Å². The summed E-state index contributed by atoms with van der Waals surface area (Å²) >= 11 is 0.708. The second-order valence-corrected chi connectivity index (χ2v) is 10.4. The highest BCUT2D eigenvalue weighted by Crippen LogP contribution is 2.24. The summed E-state index contributed by atoms with van der Waals surface area (Å²) in [5.74, 6) is -0.720. The number of hydrogen-bond donors (Lipinski definition) is 1. The summed E-state index contributed by atoms with van der Waals surface area (Å²) in [7, 11) is -3.67. The Morgan fingerprint density at radius 1 is 1.23 bits per heavy atom. The first-order valence-electron chi connectivity index (χ1n) is 10.5. The topological polar surface area (TPSA) is 152 Å². The van der Waals surface area contributed by atoms with Crippen LogP contribution in [0.4, 0.5) is 5.13 Å². The van der Waals surface area contributed by atoms with Gasteiger partial charge in [0.1, 0.15) is 23.2 Å². The van der Waals surface area contributed by atoms with E-state index in [1.165, 1.54) is 6.08 Å². The minimum absolute atomic E-state index is 0.0414. The molecule has 0 atom stereocenters. The molecule has 0 spiro atoms. The van der Waals surface area contributed by atoms with E-state index in [-0.39, 0.29) is 39.9 Å².